The molecule has 0 fully saturated rings. The highest BCUT2D eigenvalue weighted by Crippen LogP contribution is 2.32. The molecule has 7 heteroatoms. The molecule has 0 aliphatic carbocycles. The second-order valence-corrected chi connectivity index (χ2v) is 4.09. The Balaban J connectivity index is 1.83. The van der Waals surface area contributed by atoms with Crippen LogP contribution in [0.2, 0.25) is 0 Å². The van der Waals surface area contributed by atoms with Crippen LogP contribution in [0.3, 0.4) is 0 Å². The lowest BCUT2D eigenvalue weighted by atomic mass is 10.2. The first-order valence-electron chi connectivity index (χ1n) is 6.16. The molecule has 0 radical (unpaired) electrons. The number of nitrogens with one attached hydrogen (secondary N) is 2. The summed E-state index contributed by atoms with van der Waals surface area (Å²) in [5, 5.41) is 5.37. The zero-order chi connectivity index (χ0) is 14.4. The molecule has 0 saturated heterocycles. The summed E-state index contributed by atoms with van der Waals surface area (Å²) >= 11 is 0. The number of rotatable bonds is 5. The minimum Gasteiger partial charge on any atom is -0.486 e. The van der Waals surface area contributed by atoms with Gasteiger partial charge in [0.1, 0.15) is 13.2 Å². The van der Waals surface area contributed by atoms with Crippen molar-refractivity contribution in [1.82, 2.24) is 5.32 Å². The highest BCUT2D eigenvalue weighted by atomic mass is 16.6. The summed E-state index contributed by atoms with van der Waals surface area (Å²) in [6, 6.07) is 5.17. The van der Waals surface area contributed by atoms with E-state index in [1.54, 1.807) is 18.2 Å². The summed E-state index contributed by atoms with van der Waals surface area (Å²) in [6.07, 6.45) is 0. The highest BCUT2D eigenvalue weighted by molar-refractivity contribution is 5.92. The van der Waals surface area contributed by atoms with Crippen LogP contribution in [0.5, 0.6) is 11.5 Å². The number of carbonyl (C=O) groups is 2. The number of ether oxygens (including phenoxy) is 3. The van der Waals surface area contributed by atoms with Gasteiger partial charge in [0.25, 0.3) is 0 Å². The van der Waals surface area contributed by atoms with Crippen LogP contribution in [0.1, 0.15) is 0 Å². The fourth-order valence-electron chi connectivity index (χ4n) is 1.68. The van der Waals surface area contributed by atoms with E-state index in [1.165, 1.54) is 7.11 Å². The first-order chi connectivity index (χ1) is 9.69. The molecule has 0 unspecified atom stereocenters. The van der Waals surface area contributed by atoms with Gasteiger partial charge in [-0.15, -0.1) is 0 Å². The monoisotopic (exact) mass is 280 g/mol. The lowest BCUT2D eigenvalue weighted by molar-refractivity contribution is -0.139. The van der Waals surface area contributed by atoms with Gasteiger partial charge in [-0.2, -0.15) is 0 Å². The summed E-state index contributed by atoms with van der Waals surface area (Å²) in [5.41, 5.74) is 0.610. The van der Waals surface area contributed by atoms with Gasteiger partial charge in [0.05, 0.1) is 20.2 Å². The maximum atomic E-state index is 11.7. The summed E-state index contributed by atoms with van der Waals surface area (Å²) in [6.45, 7) is 1.02. The first-order valence-corrected chi connectivity index (χ1v) is 6.16. The molecule has 0 atom stereocenters. The fourth-order valence-corrected chi connectivity index (χ4v) is 1.68. The molecule has 2 N–H and O–H groups in total. The Kier molecular flexibility index (Phi) is 4.78. The fraction of sp³-hybridized carbons (Fsp3) is 0.385. The number of hydrogen-bond donors (Lipinski definition) is 2. The largest absolute Gasteiger partial charge is 0.486 e. The van der Waals surface area contributed by atoms with Crippen LogP contribution >= 0.6 is 0 Å². The Labute approximate surface area is 116 Å². The molecule has 1 aromatic carbocycles. The third-order valence-electron chi connectivity index (χ3n) is 2.61. The number of methoxy groups -OCH3 is 1. The van der Waals surface area contributed by atoms with Crippen molar-refractivity contribution in [2.75, 3.05) is 38.7 Å². The number of amides is 1. The lowest BCUT2D eigenvalue weighted by Crippen LogP contribution is -2.32. The van der Waals surface area contributed by atoms with Gasteiger partial charge in [0.2, 0.25) is 5.91 Å². The quantitative estimate of drug-likeness (QED) is 0.747. The summed E-state index contributed by atoms with van der Waals surface area (Å²) < 4.78 is 15.3. The standard InChI is InChI=1S/C13H16N2O5/c1-18-13(17)8-14-7-12(16)15-9-2-3-10-11(6-9)20-5-4-19-10/h2-3,6,14H,4-5,7-8H2,1H3,(H,15,16). The zero-order valence-electron chi connectivity index (χ0n) is 11.1. The van der Waals surface area contributed by atoms with Gasteiger partial charge in [-0.3, -0.25) is 14.9 Å². The lowest BCUT2D eigenvalue weighted by Gasteiger charge is -2.19. The maximum absolute atomic E-state index is 11.7. The van der Waals surface area contributed by atoms with E-state index in [-0.39, 0.29) is 19.0 Å². The molecule has 0 spiro atoms. The molecule has 108 valence electrons. The van der Waals surface area contributed by atoms with Crippen LogP contribution in [0, 0.1) is 0 Å². The second kappa shape index (κ2) is 6.76. The molecule has 7 nitrogen and oxygen atoms in total. The Bertz CT molecular complexity index is 504. The smallest absolute Gasteiger partial charge is 0.319 e. The molecule has 1 amide bonds. The number of anilines is 1. The average molecular weight is 280 g/mol. The Morgan fingerprint density at radius 2 is 1.95 bits per heavy atom. The van der Waals surface area contributed by atoms with Crippen LogP contribution < -0.4 is 20.1 Å². The van der Waals surface area contributed by atoms with E-state index in [0.717, 1.165) is 0 Å². The van der Waals surface area contributed by atoms with Crippen molar-refractivity contribution in [3.8, 4) is 11.5 Å². The second-order valence-electron chi connectivity index (χ2n) is 4.09. The van der Waals surface area contributed by atoms with Crippen molar-refractivity contribution in [2.45, 2.75) is 0 Å². The Morgan fingerprint density at radius 3 is 2.70 bits per heavy atom. The number of esters is 1. The molecule has 2 rings (SSSR count). The van der Waals surface area contributed by atoms with Crippen molar-refractivity contribution >= 4 is 17.6 Å². The van der Waals surface area contributed by atoms with Gasteiger partial charge in [-0.05, 0) is 12.1 Å². The van der Waals surface area contributed by atoms with E-state index < -0.39 is 5.97 Å². The van der Waals surface area contributed by atoms with Gasteiger partial charge in [-0.1, -0.05) is 0 Å². The van der Waals surface area contributed by atoms with Crippen LogP contribution in [-0.2, 0) is 14.3 Å². The summed E-state index contributed by atoms with van der Waals surface area (Å²) in [5.74, 6) is 0.595. The molecule has 0 saturated carbocycles. The average Bonchev–Trinajstić information content (AvgIpc) is 2.47. The van der Waals surface area contributed by atoms with Crippen molar-refractivity contribution in [1.29, 1.82) is 0 Å². The third kappa shape index (κ3) is 3.86. The minimum absolute atomic E-state index is 0.00887. The zero-order valence-corrected chi connectivity index (χ0v) is 11.1. The van der Waals surface area contributed by atoms with E-state index in [9.17, 15) is 9.59 Å². The van der Waals surface area contributed by atoms with Gasteiger partial charge >= 0.3 is 5.97 Å². The van der Waals surface area contributed by atoms with Gasteiger partial charge in [-0.25, -0.2) is 0 Å². The normalized spacial score (nSPS) is 12.7. The van der Waals surface area contributed by atoms with Crippen LogP contribution in [0.25, 0.3) is 0 Å². The Morgan fingerprint density at radius 1 is 1.20 bits per heavy atom. The molecule has 20 heavy (non-hydrogen) atoms. The molecule has 0 aromatic heterocycles. The summed E-state index contributed by atoms with van der Waals surface area (Å²) in [7, 11) is 1.29. The molecular weight excluding hydrogens is 264 g/mol. The van der Waals surface area contributed by atoms with E-state index in [0.29, 0.717) is 30.4 Å². The SMILES string of the molecule is COC(=O)CNCC(=O)Nc1ccc2c(c1)OCCO2. The predicted molar refractivity (Wildman–Crippen MR) is 70.9 cm³/mol. The minimum atomic E-state index is -0.419. The number of fused-ring (bicyclic) bond motifs is 1. The molecule has 1 aliphatic rings. The van der Waals surface area contributed by atoms with Crippen LogP contribution in [0.4, 0.5) is 5.69 Å². The summed E-state index contributed by atoms with van der Waals surface area (Å²) in [4.78, 5) is 22.5. The van der Waals surface area contributed by atoms with Gasteiger partial charge in [0, 0.05) is 11.8 Å². The van der Waals surface area contributed by atoms with Crippen molar-refractivity contribution in [3.05, 3.63) is 18.2 Å². The van der Waals surface area contributed by atoms with Crippen molar-refractivity contribution < 1.29 is 23.8 Å². The number of hydrogen-bond acceptors (Lipinski definition) is 6. The van der Waals surface area contributed by atoms with E-state index in [4.69, 9.17) is 9.47 Å². The molecule has 1 aliphatic heterocycles. The maximum Gasteiger partial charge on any atom is 0.319 e. The van der Waals surface area contributed by atoms with Crippen molar-refractivity contribution in [2.24, 2.45) is 0 Å². The topological polar surface area (TPSA) is 85.9 Å². The predicted octanol–water partition coefficient (Wildman–Crippen LogP) is 0.159. The molecule has 0 bridgehead atoms. The van der Waals surface area contributed by atoms with E-state index in [1.807, 2.05) is 0 Å². The van der Waals surface area contributed by atoms with E-state index in [2.05, 4.69) is 15.4 Å². The highest BCUT2D eigenvalue weighted by Gasteiger charge is 2.12. The third-order valence-corrected chi connectivity index (χ3v) is 2.61. The number of carbonyl (C=O) groups excluding carboxylic acids is 2. The van der Waals surface area contributed by atoms with Crippen molar-refractivity contribution in [3.63, 3.8) is 0 Å². The number of benzene rings is 1. The van der Waals surface area contributed by atoms with Crippen LogP contribution in [-0.4, -0.2) is 45.3 Å². The van der Waals surface area contributed by atoms with E-state index >= 15 is 0 Å². The van der Waals surface area contributed by atoms with Gasteiger partial charge in [0.15, 0.2) is 11.5 Å². The Hall–Kier alpha value is -2.28. The molecular formula is C13H16N2O5. The van der Waals surface area contributed by atoms with Crippen LogP contribution in [0.15, 0.2) is 18.2 Å². The molecule has 1 heterocycles. The molecule has 1 aromatic rings. The van der Waals surface area contributed by atoms with Gasteiger partial charge < -0.3 is 19.5 Å². The first kappa shape index (κ1) is 14.1.